The van der Waals surface area contributed by atoms with Crippen LogP contribution in [-0.4, -0.2) is 12.9 Å². The highest BCUT2D eigenvalue weighted by molar-refractivity contribution is 6.32. The minimum atomic E-state index is -0.896. The van der Waals surface area contributed by atoms with Crippen molar-refractivity contribution in [1.82, 2.24) is 0 Å². The lowest BCUT2D eigenvalue weighted by atomic mass is 10.0. The number of aryl methyl sites for hydroxylation is 1. The van der Waals surface area contributed by atoms with E-state index >= 15 is 0 Å². The molecule has 2 nitrogen and oxygen atoms in total. The van der Waals surface area contributed by atoms with Crippen molar-refractivity contribution in [1.29, 1.82) is 0 Å². The fourth-order valence-corrected chi connectivity index (χ4v) is 1.98. The first-order valence-electron chi connectivity index (χ1n) is 5.78. The third-order valence-electron chi connectivity index (χ3n) is 2.91. The first kappa shape index (κ1) is 14.5. The average Bonchev–Trinajstić information content (AvgIpc) is 2.42. The molecule has 0 amide bonds. The lowest BCUT2D eigenvalue weighted by molar-refractivity contribution is 0.103. The number of carbonyl (C=O) groups is 1. The van der Waals surface area contributed by atoms with Gasteiger partial charge in [0.15, 0.2) is 5.78 Å². The van der Waals surface area contributed by atoms with Crippen LogP contribution in [0.15, 0.2) is 30.3 Å². The summed E-state index contributed by atoms with van der Waals surface area (Å²) < 4.78 is 31.9. The van der Waals surface area contributed by atoms with E-state index in [2.05, 4.69) is 0 Å². The SMILES string of the molecule is COc1cc(C(=O)c2cc(C)c(F)cc2F)ccc1Cl. The molecule has 0 bridgehead atoms. The van der Waals surface area contributed by atoms with Crippen LogP contribution in [0.2, 0.25) is 5.02 Å². The van der Waals surface area contributed by atoms with Crippen LogP contribution in [0.1, 0.15) is 21.5 Å². The van der Waals surface area contributed by atoms with Gasteiger partial charge in [0.25, 0.3) is 0 Å². The zero-order chi connectivity index (χ0) is 14.9. The molecule has 0 unspecified atom stereocenters. The predicted octanol–water partition coefficient (Wildman–Crippen LogP) is 4.17. The highest BCUT2D eigenvalue weighted by Gasteiger charge is 2.17. The van der Waals surface area contributed by atoms with Crippen LogP contribution in [0.4, 0.5) is 8.78 Å². The molecule has 104 valence electrons. The molecule has 0 spiro atoms. The Morgan fingerprint density at radius 2 is 1.85 bits per heavy atom. The van der Waals surface area contributed by atoms with Gasteiger partial charge in [-0.05, 0) is 36.8 Å². The largest absolute Gasteiger partial charge is 0.495 e. The number of hydrogen-bond acceptors (Lipinski definition) is 2. The van der Waals surface area contributed by atoms with Crippen molar-refractivity contribution in [2.75, 3.05) is 7.11 Å². The number of halogens is 3. The van der Waals surface area contributed by atoms with Gasteiger partial charge in [-0.1, -0.05) is 11.6 Å². The smallest absolute Gasteiger partial charge is 0.196 e. The van der Waals surface area contributed by atoms with Gasteiger partial charge in [-0.3, -0.25) is 4.79 Å². The van der Waals surface area contributed by atoms with E-state index in [4.69, 9.17) is 16.3 Å². The number of ether oxygens (including phenoxy) is 1. The van der Waals surface area contributed by atoms with E-state index in [9.17, 15) is 13.6 Å². The summed E-state index contributed by atoms with van der Waals surface area (Å²) in [4.78, 5) is 12.2. The molecule has 0 fully saturated rings. The molecular formula is C15H11ClF2O2. The topological polar surface area (TPSA) is 26.3 Å². The minimum Gasteiger partial charge on any atom is -0.495 e. The van der Waals surface area contributed by atoms with E-state index in [0.29, 0.717) is 16.8 Å². The maximum absolute atomic E-state index is 13.7. The van der Waals surface area contributed by atoms with Crippen LogP contribution >= 0.6 is 11.6 Å². The van der Waals surface area contributed by atoms with E-state index in [0.717, 1.165) is 0 Å². The van der Waals surface area contributed by atoms with Crippen molar-refractivity contribution in [2.24, 2.45) is 0 Å². The molecule has 0 saturated heterocycles. The number of carbonyl (C=O) groups excluding carboxylic acids is 1. The molecule has 2 aromatic carbocycles. The molecule has 2 aromatic rings. The third-order valence-corrected chi connectivity index (χ3v) is 3.22. The zero-order valence-electron chi connectivity index (χ0n) is 10.8. The normalized spacial score (nSPS) is 10.4. The molecule has 0 heterocycles. The Morgan fingerprint density at radius 3 is 2.50 bits per heavy atom. The standard InChI is InChI=1S/C15H11ClF2O2/c1-8-5-10(13(18)7-12(8)17)15(19)9-3-4-11(16)14(6-9)20-2/h3-7H,1-2H3. The molecule has 20 heavy (non-hydrogen) atoms. The van der Waals surface area contributed by atoms with Crippen LogP contribution in [0.3, 0.4) is 0 Å². The number of ketones is 1. The van der Waals surface area contributed by atoms with Crippen LogP contribution in [0.5, 0.6) is 5.75 Å². The van der Waals surface area contributed by atoms with Crippen molar-refractivity contribution in [3.63, 3.8) is 0 Å². The highest BCUT2D eigenvalue weighted by Crippen LogP contribution is 2.27. The molecule has 0 N–H and O–H groups in total. The predicted molar refractivity (Wildman–Crippen MR) is 72.5 cm³/mol. The first-order chi connectivity index (χ1) is 9.43. The van der Waals surface area contributed by atoms with E-state index in [1.807, 2.05) is 0 Å². The Morgan fingerprint density at radius 1 is 1.15 bits per heavy atom. The Hall–Kier alpha value is -1.94. The van der Waals surface area contributed by atoms with Gasteiger partial charge in [-0.25, -0.2) is 8.78 Å². The van der Waals surface area contributed by atoms with Crippen molar-refractivity contribution in [3.05, 3.63) is 63.7 Å². The lowest BCUT2D eigenvalue weighted by Gasteiger charge is -2.08. The molecule has 0 saturated carbocycles. The summed E-state index contributed by atoms with van der Waals surface area (Å²) in [7, 11) is 1.41. The number of rotatable bonds is 3. The second kappa shape index (κ2) is 5.59. The van der Waals surface area contributed by atoms with Crippen molar-refractivity contribution >= 4 is 17.4 Å². The number of hydrogen-bond donors (Lipinski definition) is 0. The minimum absolute atomic E-state index is 0.187. The molecule has 2 rings (SSSR count). The zero-order valence-corrected chi connectivity index (χ0v) is 11.6. The fraction of sp³-hybridized carbons (Fsp3) is 0.133. The molecule has 0 atom stereocenters. The lowest BCUT2D eigenvalue weighted by Crippen LogP contribution is -2.06. The Labute approximate surface area is 119 Å². The second-order valence-corrected chi connectivity index (χ2v) is 4.67. The summed E-state index contributed by atoms with van der Waals surface area (Å²) in [5.41, 5.74) is 0.236. The molecule has 0 aliphatic rings. The quantitative estimate of drug-likeness (QED) is 0.795. The summed E-state index contributed by atoms with van der Waals surface area (Å²) in [5, 5.41) is 0.347. The van der Waals surface area contributed by atoms with E-state index in [-0.39, 0.29) is 16.7 Å². The Kier molecular flexibility index (Phi) is 4.04. The van der Waals surface area contributed by atoms with Crippen LogP contribution in [0.25, 0.3) is 0 Å². The molecule has 0 aromatic heterocycles. The van der Waals surface area contributed by atoms with Crippen molar-refractivity contribution in [2.45, 2.75) is 6.92 Å². The van der Waals surface area contributed by atoms with Crippen molar-refractivity contribution < 1.29 is 18.3 Å². The Bertz CT molecular complexity index is 684. The first-order valence-corrected chi connectivity index (χ1v) is 6.15. The van der Waals surface area contributed by atoms with Gasteiger partial charge in [0.2, 0.25) is 0 Å². The van der Waals surface area contributed by atoms with Gasteiger partial charge in [-0.15, -0.1) is 0 Å². The summed E-state index contributed by atoms with van der Waals surface area (Å²) in [5.74, 6) is -1.82. The van der Waals surface area contributed by atoms with Gasteiger partial charge in [0, 0.05) is 11.6 Å². The Balaban J connectivity index is 2.49. The van der Waals surface area contributed by atoms with E-state index < -0.39 is 17.4 Å². The number of methoxy groups -OCH3 is 1. The molecular weight excluding hydrogens is 286 g/mol. The number of benzene rings is 2. The molecule has 0 radical (unpaired) electrons. The maximum Gasteiger partial charge on any atom is 0.196 e. The van der Waals surface area contributed by atoms with E-state index in [1.165, 1.54) is 38.3 Å². The summed E-state index contributed by atoms with van der Waals surface area (Å²) in [6, 6.07) is 6.26. The highest BCUT2D eigenvalue weighted by atomic mass is 35.5. The van der Waals surface area contributed by atoms with Crippen LogP contribution in [0, 0.1) is 18.6 Å². The van der Waals surface area contributed by atoms with Gasteiger partial charge in [0.1, 0.15) is 17.4 Å². The summed E-state index contributed by atoms with van der Waals surface area (Å²) in [6.45, 7) is 1.47. The molecule has 0 aliphatic heterocycles. The fourth-order valence-electron chi connectivity index (χ4n) is 1.79. The third kappa shape index (κ3) is 2.65. The van der Waals surface area contributed by atoms with Gasteiger partial charge in [-0.2, -0.15) is 0 Å². The molecule has 0 aliphatic carbocycles. The van der Waals surface area contributed by atoms with Crippen LogP contribution in [-0.2, 0) is 0 Å². The average molecular weight is 297 g/mol. The van der Waals surface area contributed by atoms with Gasteiger partial charge in [0.05, 0.1) is 17.7 Å². The van der Waals surface area contributed by atoms with Gasteiger partial charge >= 0.3 is 0 Å². The maximum atomic E-state index is 13.7. The second-order valence-electron chi connectivity index (χ2n) is 4.26. The summed E-state index contributed by atoms with van der Waals surface area (Å²) >= 11 is 5.86. The van der Waals surface area contributed by atoms with Gasteiger partial charge < -0.3 is 4.74 Å². The van der Waals surface area contributed by atoms with Crippen molar-refractivity contribution in [3.8, 4) is 5.75 Å². The molecule has 5 heteroatoms. The van der Waals surface area contributed by atoms with E-state index in [1.54, 1.807) is 0 Å². The van der Waals surface area contributed by atoms with Crippen LogP contribution < -0.4 is 4.74 Å². The summed E-state index contributed by atoms with van der Waals surface area (Å²) in [6.07, 6.45) is 0. The monoisotopic (exact) mass is 296 g/mol.